The van der Waals surface area contributed by atoms with Gasteiger partial charge in [0.15, 0.2) is 0 Å². The van der Waals surface area contributed by atoms with E-state index in [2.05, 4.69) is 36.3 Å². The monoisotopic (exact) mass is 221 g/mol. The molecule has 90 valence electrons. The van der Waals surface area contributed by atoms with E-state index in [1.165, 1.54) is 5.57 Å². The normalized spacial score (nSPS) is 20.3. The number of piperazine rings is 1. The average molecular weight is 221 g/mol. The van der Waals surface area contributed by atoms with Crippen LogP contribution in [0.15, 0.2) is 12.2 Å². The van der Waals surface area contributed by atoms with Crippen LogP contribution in [0.5, 0.6) is 0 Å². The second-order valence-electron chi connectivity index (χ2n) is 4.64. The maximum absolute atomic E-state index is 9.00. The first-order valence-corrected chi connectivity index (χ1v) is 6.17. The molecule has 0 bridgehead atoms. The molecular formula is C13H23N3. The number of hydrogen-bond acceptors (Lipinski definition) is 3. The van der Waals surface area contributed by atoms with E-state index in [9.17, 15) is 0 Å². The average Bonchev–Trinajstić information content (AvgIpc) is 2.29. The van der Waals surface area contributed by atoms with E-state index < -0.39 is 0 Å². The fourth-order valence-corrected chi connectivity index (χ4v) is 2.08. The van der Waals surface area contributed by atoms with Crippen LogP contribution in [0.3, 0.4) is 0 Å². The van der Waals surface area contributed by atoms with Gasteiger partial charge < -0.3 is 4.90 Å². The lowest BCUT2D eigenvalue weighted by molar-refractivity contribution is 0.113. The highest BCUT2D eigenvalue weighted by molar-refractivity contribution is 4.93. The van der Waals surface area contributed by atoms with Crippen LogP contribution in [0.2, 0.25) is 0 Å². The third kappa shape index (κ3) is 3.96. The molecule has 0 spiro atoms. The van der Waals surface area contributed by atoms with E-state index in [-0.39, 0.29) is 6.04 Å². The summed E-state index contributed by atoms with van der Waals surface area (Å²) < 4.78 is 0. The predicted octanol–water partition coefficient (Wildman–Crippen LogP) is 1.87. The summed E-state index contributed by atoms with van der Waals surface area (Å²) in [6.45, 7) is 13.5. The van der Waals surface area contributed by atoms with Gasteiger partial charge in [0.2, 0.25) is 0 Å². The van der Waals surface area contributed by atoms with E-state index >= 15 is 0 Å². The van der Waals surface area contributed by atoms with Gasteiger partial charge >= 0.3 is 0 Å². The molecular weight excluding hydrogens is 198 g/mol. The third-order valence-corrected chi connectivity index (χ3v) is 3.24. The summed E-state index contributed by atoms with van der Waals surface area (Å²) in [5, 5.41) is 9.00. The molecule has 1 aliphatic rings. The van der Waals surface area contributed by atoms with Crippen molar-refractivity contribution in [2.24, 2.45) is 0 Å². The number of rotatable bonds is 5. The van der Waals surface area contributed by atoms with Gasteiger partial charge in [-0.15, -0.1) is 6.58 Å². The molecule has 0 aromatic carbocycles. The highest BCUT2D eigenvalue weighted by Crippen LogP contribution is 2.09. The summed E-state index contributed by atoms with van der Waals surface area (Å²) in [6, 6.07) is 2.49. The maximum atomic E-state index is 9.00. The quantitative estimate of drug-likeness (QED) is 0.664. The first-order chi connectivity index (χ1) is 7.67. The van der Waals surface area contributed by atoms with E-state index in [4.69, 9.17) is 5.26 Å². The molecule has 1 unspecified atom stereocenters. The Morgan fingerprint density at radius 1 is 1.38 bits per heavy atom. The zero-order valence-corrected chi connectivity index (χ0v) is 10.6. The molecule has 0 aliphatic carbocycles. The zero-order chi connectivity index (χ0) is 12.0. The van der Waals surface area contributed by atoms with E-state index in [1.807, 2.05) is 0 Å². The van der Waals surface area contributed by atoms with Crippen LogP contribution < -0.4 is 0 Å². The molecule has 3 nitrogen and oxygen atoms in total. The molecule has 0 N–H and O–H groups in total. The SMILES string of the molecule is C=C(C)CCN1CCN(C(C#N)CC)CC1. The Morgan fingerprint density at radius 3 is 2.44 bits per heavy atom. The Kier molecular flexibility index (Phi) is 5.51. The Balaban J connectivity index is 2.28. The van der Waals surface area contributed by atoms with E-state index in [0.717, 1.165) is 45.6 Å². The van der Waals surface area contributed by atoms with Crippen LogP contribution in [0, 0.1) is 11.3 Å². The topological polar surface area (TPSA) is 30.3 Å². The highest BCUT2D eigenvalue weighted by Gasteiger charge is 2.21. The van der Waals surface area contributed by atoms with E-state index in [1.54, 1.807) is 0 Å². The Morgan fingerprint density at radius 2 is 2.00 bits per heavy atom. The summed E-state index contributed by atoms with van der Waals surface area (Å²) in [5.74, 6) is 0. The van der Waals surface area contributed by atoms with Crippen molar-refractivity contribution in [1.29, 1.82) is 5.26 Å². The molecule has 1 rings (SSSR count). The molecule has 1 aliphatic heterocycles. The van der Waals surface area contributed by atoms with Crippen LogP contribution >= 0.6 is 0 Å². The highest BCUT2D eigenvalue weighted by atomic mass is 15.3. The van der Waals surface area contributed by atoms with Gasteiger partial charge in [0.1, 0.15) is 0 Å². The van der Waals surface area contributed by atoms with Crippen molar-refractivity contribution >= 4 is 0 Å². The Hall–Kier alpha value is -0.850. The number of nitriles is 1. The molecule has 0 aromatic heterocycles. The number of hydrogen-bond donors (Lipinski definition) is 0. The molecule has 1 fully saturated rings. The van der Waals surface area contributed by atoms with Crippen molar-refractivity contribution < 1.29 is 0 Å². The molecule has 0 amide bonds. The van der Waals surface area contributed by atoms with Crippen LogP contribution in [0.4, 0.5) is 0 Å². The van der Waals surface area contributed by atoms with Crippen molar-refractivity contribution in [1.82, 2.24) is 9.80 Å². The smallest absolute Gasteiger partial charge is 0.0976 e. The van der Waals surface area contributed by atoms with Crippen molar-refractivity contribution in [3.05, 3.63) is 12.2 Å². The Bertz CT molecular complexity index is 259. The molecule has 0 saturated carbocycles. The summed E-state index contributed by atoms with van der Waals surface area (Å²) in [5.41, 5.74) is 1.26. The van der Waals surface area contributed by atoms with Gasteiger partial charge in [-0.1, -0.05) is 12.5 Å². The van der Waals surface area contributed by atoms with Crippen molar-refractivity contribution in [2.45, 2.75) is 32.7 Å². The van der Waals surface area contributed by atoms with Gasteiger partial charge in [-0.3, -0.25) is 4.90 Å². The summed E-state index contributed by atoms with van der Waals surface area (Å²) >= 11 is 0. The molecule has 0 aromatic rings. The van der Waals surface area contributed by atoms with Crippen LogP contribution in [0.25, 0.3) is 0 Å². The lowest BCUT2D eigenvalue weighted by atomic mass is 10.1. The van der Waals surface area contributed by atoms with Crippen molar-refractivity contribution in [3.63, 3.8) is 0 Å². The fourth-order valence-electron chi connectivity index (χ4n) is 2.08. The first-order valence-electron chi connectivity index (χ1n) is 6.17. The second-order valence-corrected chi connectivity index (χ2v) is 4.64. The fraction of sp³-hybridized carbons (Fsp3) is 0.769. The van der Waals surface area contributed by atoms with Gasteiger partial charge in [-0.2, -0.15) is 5.26 Å². The van der Waals surface area contributed by atoms with Crippen molar-refractivity contribution in [3.8, 4) is 6.07 Å². The number of nitrogens with zero attached hydrogens (tertiary/aromatic N) is 3. The summed E-state index contributed by atoms with van der Waals surface area (Å²) in [7, 11) is 0. The minimum atomic E-state index is 0.114. The lowest BCUT2D eigenvalue weighted by Crippen LogP contribution is -2.49. The van der Waals surface area contributed by atoms with Crippen molar-refractivity contribution in [2.75, 3.05) is 32.7 Å². The minimum Gasteiger partial charge on any atom is -0.300 e. The van der Waals surface area contributed by atoms with Gasteiger partial charge in [-0.05, 0) is 19.8 Å². The summed E-state index contributed by atoms with van der Waals surface area (Å²) in [6.07, 6.45) is 2.03. The maximum Gasteiger partial charge on any atom is 0.0976 e. The molecule has 1 saturated heterocycles. The molecule has 3 heteroatoms. The zero-order valence-electron chi connectivity index (χ0n) is 10.6. The molecule has 1 heterocycles. The van der Waals surface area contributed by atoms with Gasteiger partial charge in [-0.25, -0.2) is 0 Å². The third-order valence-electron chi connectivity index (χ3n) is 3.24. The minimum absolute atomic E-state index is 0.114. The first kappa shape index (κ1) is 13.2. The molecule has 16 heavy (non-hydrogen) atoms. The van der Waals surface area contributed by atoms with Gasteiger partial charge in [0, 0.05) is 32.7 Å². The van der Waals surface area contributed by atoms with Crippen LogP contribution in [0.1, 0.15) is 26.7 Å². The van der Waals surface area contributed by atoms with Crippen LogP contribution in [-0.4, -0.2) is 48.6 Å². The van der Waals surface area contributed by atoms with Gasteiger partial charge in [0.05, 0.1) is 12.1 Å². The summed E-state index contributed by atoms with van der Waals surface area (Å²) in [4.78, 5) is 4.77. The largest absolute Gasteiger partial charge is 0.300 e. The second kappa shape index (κ2) is 6.67. The van der Waals surface area contributed by atoms with Crippen LogP contribution in [-0.2, 0) is 0 Å². The standard InChI is InChI=1S/C13H23N3/c1-4-13(11-14)16-9-7-15(8-10-16)6-5-12(2)3/h13H,2,4-10H2,1,3H3. The lowest BCUT2D eigenvalue weighted by Gasteiger charge is -2.36. The predicted molar refractivity (Wildman–Crippen MR) is 67.1 cm³/mol. The Labute approximate surface area is 99.3 Å². The molecule has 0 radical (unpaired) electrons. The van der Waals surface area contributed by atoms with Gasteiger partial charge in [0.25, 0.3) is 0 Å². The molecule has 1 atom stereocenters. The van der Waals surface area contributed by atoms with E-state index in [0.29, 0.717) is 0 Å².